The molecule has 0 aromatic heterocycles. The number of aliphatic hydroxyl groups excluding tert-OH is 1. The number of phenolic OH excluding ortho intramolecular Hbond substituents is 1. The number of nitrogens with one attached hydrogen (secondary N) is 1. The molecule has 0 radical (unpaired) electrons. The van der Waals surface area contributed by atoms with Gasteiger partial charge >= 0.3 is 0 Å². The third-order valence-electron chi connectivity index (χ3n) is 3.46. The Balaban J connectivity index is 2.35. The van der Waals surface area contributed by atoms with Crippen LogP contribution in [0, 0.1) is 11.3 Å². The summed E-state index contributed by atoms with van der Waals surface area (Å²) in [5.74, 6) is -0.00400. The second-order valence-electron chi connectivity index (χ2n) is 6.12. The minimum atomic E-state index is -0.643. The molecule has 0 fully saturated rings. The number of nitriles is 1. The van der Waals surface area contributed by atoms with E-state index < -0.39 is 6.10 Å². The smallest absolute Gasteiger partial charge is 0.133 e. The maximum Gasteiger partial charge on any atom is 0.133 e. The van der Waals surface area contributed by atoms with E-state index in [1.54, 1.807) is 6.07 Å². The van der Waals surface area contributed by atoms with Crippen LogP contribution in [0.3, 0.4) is 0 Å². The van der Waals surface area contributed by atoms with Gasteiger partial charge in [0.15, 0.2) is 0 Å². The molecule has 0 aliphatic heterocycles. The normalized spacial score (nSPS) is 22.7. The number of fused-ring (bicyclic) bond motifs is 1. The van der Waals surface area contributed by atoms with E-state index in [2.05, 4.69) is 26.1 Å². The van der Waals surface area contributed by atoms with Gasteiger partial charge in [-0.2, -0.15) is 5.26 Å². The summed E-state index contributed by atoms with van der Waals surface area (Å²) in [6.07, 6.45) is 0.803. The highest BCUT2D eigenvalue weighted by Crippen LogP contribution is 2.35. The summed E-state index contributed by atoms with van der Waals surface area (Å²) in [5, 5.41) is 32.6. The van der Waals surface area contributed by atoms with Crippen LogP contribution in [0.15, 0.2) is 12.1 Å². The molecular formula is C15H20N2O2. The Kier molecular flexibility index (Phi) is 3.53. The molecule has 1 aliphatic carbocycles. The highest BCUT2D eigenvalue weighted by Gasteiger charge is 2.32. The van der Waals surface area contributed by atoms with Gasteiger partial charge in [-0.25, -0.2) is 0 Å². The minimum absolute atomic E-state index is 0.00400. The molecule has 0 heterocycles. The average Bonchev–Trinajstić information content (AvgIpc) is 2.31. The van der Waals surface area contributed by atoms with E-state index in [4.69, 9.17) is 5.26 Å². The molecule has 4 heteroatoms. The number of hydrogen-bond donors (Lipinski definition) is 3. The first-order valence-electron chi connectivity index (χ1n) is 6.54. The summed E-state index contributed by atoms with van der Waals surface area (Å²) >= 11 is 0. The van der Waals surface area contributed by atoms with Crippen LogP contribution in [0.25, 0.3) is 0 Å². The Morgan fingerprint density at radius 3 is 2.63 bits per heavy atom. The van der Waals surface area contributed by atoms with E-state index in [9.17, 15) is 10.2 Å². The largest absolute Gasteiger partial charge is 0.507 e. The van der Waals surface area contributed by atoms with E-state index in [0.717, 1.165) is 17.5 Å². The molecule has 0 unspecified atom stereocenters. The average molecular weight is 260 g/mol. The van der Waals surface area contributed by atoms with Crippen molar-refractivity contribution in [3.63, 3.8) is 0 Å². The number of phenols is 1. The van der Waals surface area contributed by atoms with Gasteiger partial charge in [0.2, 0.25) is 0 Å². The van der Waals surface area contributed by atoms with E-state index in [1.165, 1.54) is 6.07 Å². The second kappa shape index (κ2) is 4.84. The lowest BCUT2D eigenvalue weighted by molar-refractivity contribution is 0.0999. The Morgan fingerprint density at radius 1 is 1.37 bits per heavy atom. The lowest BCUT2D eigenvalue weighted by Gasteiger charge is -2.36. The molecule has 1 aromatic rings. The summed E-state index contributed by atoms with van der Waals surface area (Å²) in [4.78, 5) is 0. The van der Waals surface area contributed by atoms with Crippen molar-refractivity contribution in [3.8, 4) is 11.8 Å². The maximum absolute atomic E-state index is 10.4. The van der Waals surface area contributed by atoms with Crippen molar-refractivity contribution < 1.29 is 10.2 Å². The quantitative estimate of drug-likeness (QED) is 0.722. The molecule has 0 spiro atoms. The molecule has 3 N–H and O–H groups in total. The number of aliphatic hydroxyl groups is 1. The number of benzene rings is 1. The fourth-order valence-corrected chi connectivity index (χ4v) is 2.70. The van der Waals surface area contributed by atoms with Crippen LogP contribution in [0.4, 0.5) is 0 Å². The first-order valence-corrected chi connectivity index (χ1v) is 6.54. The SMILES string of the molecule is CC(C)(C)N[C@H]1CCc2c(ccc(O)c2C#N)[C@H]1O. The van der Waals surface area contributed by atoms with Gasteiger partial charge in [0.25, 0.3) is 0 Å². The van der Waals surface area contributed by atoms with E-state index in [1.807, 2.05) is 6.07 Å². The topological polar surface area (TPSA) is 76.3 Å². The predicted molar refractivity (Wildman–Crippen MR) is 72.8 cm³/mol. The third-order valence-corrected chi connectivity index (χ3v) is 3.46. The molecule has 0 saturated heterocycles. The molecular weight excluding hydrogens is 240 g/mol. The fraction of sp³-hybridized carbons (Fsp3) is 0.533. The number of aromatic hydroxyl groups is 1. The number of hydrogen-bond acceptors (Lipinski definition) is 4. The Hall–Kier alpha value is -1.57. The van der Waals surface area contributed by atoms with Crippen molar-refractivity contribution >= 4 is 0 Å². The molecule has 2 atom stereocenters. The molecule has 0 saturated carbocycles. The Labute approximate surface area is 113 Å². The van der Waals surface area contributed by atoms with Crippen LogP contribution in [0.2, 0.25) is 0 Å². The zero-order valence-electron chi connectivity index (χ0n) is 11.6. The highest BCUT2D eigenvalue weighted by atomic mass is 16.3. The summed E-state index contributed by atoms with van der Waals surface area (Å²) in [6.45, 7) is 6.19. The Morgan fingerprint density at radius 2 is 2.05 bits per heavy atom. The molecule has 4 nitrogen and oxygen atoms in total. The summed E-state index contributed by atoms with van der Waals surface area (Å²) in [7, 11) is 0. The van der Waals surface area contributed by atoms with Crippen LogP contribution in [-0.4, -0.2) is 21.8 Å². The van der Waals surface area contributed by atoms with Gasteiger partial charge < -0.3 is 15.5 Å². The summed E-state index contributed by atoms with van der Waals surface area (Å²) in [6, 6.07) is 5.20. The molecule has 0 amide bonds. The van der Waals surface area contributed by atoms with Gasteiger partial charge in [0, 0.05) is 11.6 Å². The Bertz CT molecular complexity index is 526. The van der Waals surface area contributed by atoms with Crippen molar-refractivity contribution in [1.82, 2.24) is 5.32 Å². The van der Waals surface area contributed by atoms with Crippen LogP contribution >= 0.6 is 0 Å². The third kappa shape index (κ3) is 2.73. The van der Waals surface area contributed by atoms with E-state index in [-0.39, 0.29) is 17.3 Å². The maximum atomic E-state index is 10.4. The predicted octanol–water partition coefficient (Wildman–Crippen LogP) is 2.00. The molecule has 19 heavy (non-hydrogen) atoms. The minimum Gasteiger partial charge on any atom is -0.507 e. The van der Waals surface area contributed by atoms with Crippen molar-refractivity contribution in [2.45, 2.75) is 51.3 Å². The summed E-state index contributed by atoms with van der Waals surface area (Å²) in [5.41, 5.74) is 1.76. The molecule has 102 valence electrons. The van der Waals surface area contributed by atoms with Gasteiger partial charge in [-0.1, -0.05) is 6.07 Å². The van der Waals surface area contributed by atoms with Crippen molar-refractivity contribution in [2.24, 2.45) is 0 Å². The zero-order valence-corrected chi connectivity index (χ0v) is 11.6. The van der Waals surface area contributed by atoms with Crippen molar-refractivity contribution in [2.75, 3.05) is 0 Å². The van der Waals surface area contributed by atoms with Gasteiger partial charge in [-0.05, 0) is 50.8 Å². The number of nitrogens with zero attached hydrogens (tertiary/aromatic N) is 1. The van der Waals surface area contributed by atoms with Gasteiger partial charge in [-0.3, -0.25) is 0 Å². The van der Waals surface area contributed by atoms with E-state index >= 15 is 0 Å². The number of rotatable bonds is 1. The fourth-order valence-electron chi connectivity index (χ4n) is 2.70. The summed E-state index contributed by atoms with van der Waals surface area (Å²) < 4.78 is 0. The van der Waals surface area contributed by atoms with Crippen LogP contribution in [0.5, 0.6) is 5.75 Å². The second-order valence-corrected chi connectivity index (χ2v) is 6.12. The first kappa shape index (κ1) is 13.9. The standard InChI is InChI=1S/C15H20N2O2/c1-15(2,3)17-12-6-4-9-10(14(12)19)5-7-13(18)11(9)8-16/h5,7,12,14,17-19H,4,6H2,1-3H3/t12-,14+/m0/s1. The van der Waals surface area contributed by atoms with Gasteiger partial charge in [0.05, 0.1) is 11.7 Å². The van der Waals surface area contributed by atoms with E-state index in [0.29, 0.717) is 12.0 Å². The lowest BCUT2D eigenvalue weighted by atomic mass is 9.82. The van der Waals surface area contributed by atoms with Crippen LogP contribution in [0.1, 0.15) is 50.0 Å². The molecule has 2 rings (SSSR count). The monoisotopic (exact) mass is 260 g/mol. The zero-order chi connectivity index (χ0) is 14.2. The van der Waals surface area contributed by atoms with Crippen molar-refractivity contribution in [3.05, 3.63) is 28.8 Å². The van der Waals surface area contributed by atoms with Crippen LogP contribution < -0.4 is 5.32 Å². The molecule has 0 bridgehead atoms. The lowest BCUT2D eigenvalue weighted by Crippen LogP contribution is -2.48. The van der Waals surface area contributed by atoms with Crippen molar-refractivity contribution in [1.29, 1.82) is 5.26 Å². The molecule has 1 aromatic carbocycles. The van der Waals surface area contributed by atoms with Gasteiger partial charge in [0.1, 0.15) is 11.8 Å². The first-order chi connectivity index (χ1) is 8.83. The molecule has 1 aliphatic rings. The van der Waals surface area contributed by atoms with Gasteiger partial charge in [-0.15, -0.1) is 0 Å². The highest BCUT2D eigenvalue weighted by molar-refractivity contribution is 5.53. The van der Waals surface area contributed by atoms with Crippen LogP contribution in [-0.2, 0) is 6.42 Å².